The maximum atomic E-state index is 12.5. The van der Waals surface area contributed by atoms with E-state index in [1.54, 1.807) is 30.3 Å². The first-order valence-corrected chi connectivity index (χ1v) is 9.54. The fraction of sp³-hybridized carbons (Fsp3) is 0.0870. The zero-order chi connectivity index (χ0) is 20.9. The van der Waals surface area contributed by atoms with E-state index < -0.39 is 0 Å². The molecule has 1 aromatic heterocycles. The number of hydrogen-bond acceptors (Lipinski definition) is 4. The van der Waals surface area contributed by atoms with Crippen LogP contribution in [0.15, 0.2) is 88.5 Å². The SMILES string of the molecule is O=C(CCn1[nH]c(=O)c2ccccc2c1=O)Nc1cccc(Nc2ccccc2)c1. The first-order valence-electron chi connectivity index (χ1n) is 9.54. The molecule has 4 rings (SSSR count). The van der Waals surface area contributed by atoms with Crippen LogP contribution < -0.4 is 21.8 Å². The predicted molar refractivity (Wildman–Crippen MR) is 118 cm³/mol. The molecule has 0 bridgehead atoms. The number of aromatic nitrogens is 2. The molecule has 30 heavy (non-hydrogen) atoms. The number of hydrogen-bond donors (Lipinski definition) is 3. The normalized spacial score (nSPS) is 10.7. The van der Waals surface area contributed by atoms with Crippen LogP contribution in [0.4, 0.5) is 17.1 Å². The number of nitrogens with one attached hydrogen (secondary N) is 3. The van der Waals surface area contributed by atoms with Crippen molar-refractivity contribution in [2.24, 2.45) is 0 Å². The standard InChI is InChI=1S/C23H20N4O3/c28-21(13-14-27-23(30)20-12-5-4-11-19(20)22(29)26-27)25-18-10-6-9-17(15-18)24-16-7-2-1-3-8-16/h1-12,15,24H,13-14H2,(H,25,28)(H,26,29). The molecule has 0 saturated carbocycles. The van der Waals surface area contributed by atoms with Gasteiger partial charge in [-0.25, -0.2) is 4.68 Å². The monoisotopic (exact) mass is 400 g/mol. The zero-order valence-corrected chi connectivity index (χ0v) is 16.1. The lowest BCUT2D eigenvalue weighted by molar-refractivity contribution is -0.116. The third kappa shape index (κ3) is 4.30. The van der Waals surface area contributed by atoms with Gasteiger partial charge in [0, 0.05) is 23.5 Å². The lowest BCUT2D eigenvalue weighted by atomic mass is 10.2. The summed E-state index contributed by atoms with van der Waals surface area (Å²) >= 11 is 0. The molecule has 0 aliphatic carbocycles. The van der Waals surface area contributed by atoms with Crippen molar-refractivity contribution in [3.8, 4) is 0 Å². The highest BCUT2D eigenvalue weighted by Gasteiger charge is 2.09. The van der Waals surface area contributed by atoms with E-state index in [1.165, 1.54) is 4.68 Å². The molecule has 0 fully saturated rings. The Hall–Kier alpha value is -4.13. The fourth-order valence-corrected chi connectivity index (χ4v) is 3.20. The molecule has 3 N–H and O–H groups in total. The average molecular weight is 400 g/mol. The van der Waals surface area contributed by atoms with Crippen molar-refractivity contribution in [1.82, 2.24) is 9.78 Å². The van der Waals surface area contributed by atoms with Crippen LogP contribution in [0.3, 0.4) is 0 Å². The minimum atomic E-state index is -0.356. The molecular weight excluding hydrogens is 380 g/mol. The summed E-state index contributed by atoms with van der Waals surface area (Å²) in [5.41, 5.74) is 1.74. The van der Waals surface area contributed by atoms with Gasteiger partial charge in [0.05, 0.1) is 17.3 Å². The third-order valence-electron chi connectivity index (χ3n) is 4.66. The van der Waals surface area contributed by atoms with Crippen LogP contribution in [0.1, 0.15) is 6.42 Å². The molecule has 3 aromatic carbocycles. The molecule has 0 aliphatic heterocycles. The highest BCUT2D eigenvalue weighted by atomic mass is 16.2. The molecule has 7 nitrogen and oxygen atoms in total. The molecular formula is C23H20N4O3. The van der Waals surface area contributed by atoms with Crippen LogP contribution in [0.25, 0.3) is 10.8 Å². The van der Waals surface area contributed by atoms with Gasteiger partial charge in [0.25, 0.3) is 11.1 Å². The minimum absolute atomic E-state index is 0.0462. The molecule has 0 saturated heterocycles. The summed E-state index contributed by atoms with van der Waals surface area (Å²) in [5, 5.41) is 9.30. The lowest BCUT2D eigenvalue weighted by Gasteiger charge is -2.10. The van der Waals surface area contributed by atoms with E-state index in [-0.39, 0.29) is 30.0 Å². The largest absolute Gasteiger partial charge is 0.355 e. The molecule has 0 atom stereocenters. The third-order valence-corrected chi connectivity index (χ3v) is 4.66. The van der Waals surface area contributed by atoms with Gasteiger partial charge < -0.3 is 10.6 Å². The first kappa shape index (κ1) is 19.2. The van der Waals surface area contributed by atoms with Gasteiger partial charge >= 0.3 is 0 Å². The summed E-state index contributed by atoms with van der Waals surface area (Å²) in [7, 11) is 0. The minimum Gasteiger partial charge on any atom is -0.355 e. The molecule has 7 heteroatoms. The maximum absolute atomic E-state index is 12.5. The van der Waals surface area contributed by atoms with Gasteiger partial charge in [-0.15, -0.1) is 0 Å². The van der Waals surface area contributed by atoms with Gasteiger partial charge in [-0.05, 0) is 42.5 Å². The van der Waals surface area contributed by atoms with Crippen molar-refractivity contribution in [3.05, 3.63) is 99.6 Å². The number of benzene rings is 3. The van der Waals surface area contributed by atoms with E-state index in [2.05, 4.69) is 15.7 Å². The Kier molecular flexibility index (Phi) is 5.43. The van der Waals surface area contributed by atoms with E-state index in [9.17, 15) is 14.4 Å². The molecule has 0 unspecified atom stereocenters. The Balaban J connectivity index is 1.43. The smallest absolute Gasteiger partial charge is 0.273 e. The Morgan fingerprint density at radius 3 is 2.27 bits per heavy atom. The number of fused-ring (bicyclic) bond motifs is 1. The van der Waals surface area contributed by atoms with Crippen LogP contribution in [0, 0.1) is 0 Å². The average Bonchev–Trinajstić information content (AvgIpc) is 2.76. The lowest BCUT2D eigenvalue weighted by Crippen LogP contribution is -2.31. The molecule has 0 aliphatic rings. The number of para-hydroxylation sites is 1. The van der Waals surface area contributed by atoms with Crippen molar-refractivity contribution >= 4 is 33.7 Å². The van der Waals surface area contributed by atoms with Crippen molar-refractivity contribution in [2.75, 3.05) is 10.6 Å². The zero-order valence-electron chi connectivity index (χ0n) is 16.1. The van der Waals surface area contributed by atoms with Gasteiger partial charge in [-0.3, -0.25) is 19.5 Å². The number of amides is 1. The molecule has 0 radical (unpaired) electrons. The van der Waals surface area contributed by atoms with Crippen molar-refractivity contribution < 1.29 is 4.79 Å². The van der Waals surface area contributed by atoms with Gasteiger partial charge in [0.1, 0.15) is 0 Å². The second-order valence-corrected chi connectivity index (χ2v) is 6.81. The Labute approximate surface area is 172 Å². The number of nitrogens with zero attached hydrogens (tertiary/aromatic N) is 1. The van der Waals surface area contributed by atoms with Gasteiger partial charge in [-0.1, -0.05) is 36.4 Å². The van der Waals surface area contributed by atoms with E-state index in [0.29, 0.717) is 16.5 Å². The van der Waals surface area contributed by atoms with Crippen LogP contribution >= 0.6 is 0 Å². The van der Waals surface area contributed by atoms with Crippen molar-refractivity contribution in [1.29, 1.82) is 0 Å². The maximum Gasteiger partial charge on any atom is 0.273 e. The number of H-pyrrole nitrogens is 1. The Morgan fingerprint density at radius 2 is 1.47 bits per heavy atom. The summed E-state index contributed by atoms with van der Waals surface area (Å²) in [6.45, 7) is 0.0761. The summed E-state index contributed by atoms with van der Waals surface area (Å²) in [6.07, 6.45) is 0.0462. The Morgan fingerprint density at radius 1 is 0.800 bits per heavy atom. The molecule has 1 amide bonds. The van der Waals surface area contributed by atoms with Crippen molar-refractivity contribution in [2.45, 2.75) is 13.0 Å². The van der Waals surface area contributed by atoms with Gasteiger partial charge in [-0.2, -0.15) is 0 Å². The molecule has 150 valence electrons. The molecule has 0 spiro atoms. The van der Waals surface area contributed by atoms with E-state index >= 15 is 0 Å². The first-order chi connectivity index (χ1) is 14.6. The van der Waals surface area contributed by atoms with E-state index in [4.69, 9.17) is 0 Å². The van der Waals surface area contributed by atoms with Crippen LogP contribution in [-0.2, 0) is 11.3 Å². The van der Waals surface area contributed by atoms with Crippen LogP contribution in [0.5, 0.6) is 0 Å². The number of anilines is 3. The molecule has 1 heterocycles. The van der Waals surface area contributed by atoms with Gasteiger partial charge in [0.2, 0.25) is 5.91 Å². The van der Waals surface area contributed by atoms with Gasteiger partial charge in [0.15, 0.2) is 0 Å². The fourth-order valence-electron chi connectivity index (χ4n) is 3.20. The van der Waals surface area contributed by atoms with Crippen molar-refractivity contribution in [3.63, 3.8) is 0 Å². The van der Waals surface area contributed by atoms with Crippen LogP contribution in [0.2, 0.25) is 0 Å². The van der Waals surface area contributed by atoms with E-state index in [0.717, 1.165) is 11.4 Å². The quantitative estimate of drug-likeness (QED) is 0.462. The summed E-state index contributed by atoms with van der Waals surface area (Å²) < 4.78 is 1.18. The number of carbonyl (C=O) groups excluding carboxylic acids is 1. The number of aryl methyl sites for hydroxylation is 1. The summed E-state index contributed by atoms with van der Waals surface area (Å²) in [4.78, 5) is 37.1. The molecule has 4 aromatic rings. The Bertz CT molecular complexity index is 1310. The van der Waals surface area contributed by atoms with Crippen LogP contribution in [-0.4, -0.2) is 15.7 Å². The number of aromatic amines is 1. The second kappa shape index (κ2) is 8.48. The second-order valence-electron chi connectivity index (χ2n) is 6.81. The number of rotatable bonds is 6. The summed E-state index contributed by atoms with van der Waals surface area (Å²) in [6, 6.07) is 23.7. The number of carbonyl (C=O) groups is 1. The predicted octanol–water partition coefficient (Wildman–Crippen LogP) is 3.46. The van der Waals surface area contributed by atoms with E-state index in [1.807, 2.05) is 48.5 Å². The highest BCUT2D eigenvalue weighted by molar-refractivity contribution is 5.91. The summed E-state index contributed by atoms with van der Waals surface area (Å²) in [5.74, 6) is -0.257. The topological polar surface area (TPSA) is 96.0 Å². The highest BCUT2D eigenvalue weighted by Crippen LogP contribution is 2.20.